The van der Waals surface area contributed by atoms with Crippen LogP contribution in [-0.2, 0) is 9.59 Å². The number of aliphatic carboxylic acids is 1. The SMILES string of the molecule is O=C(Nc1ccc2nc(C3=N[C@@H](C(=O)O)CS3)sc2c1)[C@@H]1C[C@H](O)CN1. The van der Waals surface area contributed by atoms with Gasteiger partial charge in [-0.3, -0.25) is 9.79 Å². The van der Waals surface area contributed by atoms with Gasteiger partial charge in [-0.05, 0) is 24.6 Å². The quantitative estimate of drug-likeness (QED) is 0.609. The molecule has 3 heterocycles. The molecule has 2 aliphatic heterocycles. The number of aliphatic hydroxyl groups excluding tert-OH is 1. The van der Waals surface area contributed by atoms with Crippen LogP contribution in [0.5, 0.6) is 0 Å². The van der Waals surface area contributed by atoms with Crippen molar-refractivity contribution >= 4 is 55.9 Å². The predicted octanol–water partition coefficient (Wildman–Crippen LogP) is 0.904. The molecule has 8 nitrogen and oxygen atoms in total. The van der Waals surface area contributed by atoms with E-state index in [9.17, 15) is 14.7 Å². The average Bonchev–Trinajstić information content (AvgIpc) is 3.32. The van der Waals surface area contributed by atoms with Crippen LogP contribution in [0.25, 0.3) is 10.2 Å². The minimum absolute atomic E-state index is 0.175. The summed E-state index contributed by atoms with van der Waals surface area (Å²) in [5.41, 5.74) is 1.44. The lowest BCUT2D eigenvalue weighted by Gasteiger charge is -2.10. The first-order chi connectivity index (χ1) is 12.5. The van der Waals surface area contributed by atoms with Gasteiger partial charge in [0.2, 0.25) is 5.91 Å². The Bertz CT molecular complexity index is 913. The third-order valence-corrected chi connectivity index (χ3v) is 6.41. The van der Waals surface area contributed by atoms with Crippen LogP contribution in [0.1, 0.15) is 11.4 Å². The van der Waals surface area contributed by atoms with Gasteiger partial charge in [0.05, 0.1) is 22.4 Å². The van der Waals surface area contributed by atoms with E-state index in [1.807, 2.05) is 12.1 Å². The van der Waals surface area contributed by atoms with Crippen molar-refractivity contribution in [2.24, 2.45) is 4.99 Å². The number of aliphatic hydroxyl groups is 1. The number of thioether (sulfide) groups is 1. The fourth-order valence-corrected chi connectivity index (χ4v) is 4.96. The lowest BCUT2D eigenvalue weighted by Crippen LogP contribution is -2.35. The van der Waals surface area contributed by atoms with Gasteiger partial charge in [0.1, 0.15) is 10.1 Å². The summed E-state index contributed by atoms with van der Waals surface area (Å²) in [6, 6.07) is 4.32. The summed E-state index contributed by atoms with van der Waals surface area (Å²) >= 11 is 2.81. The van der Waals surface area contributed by atoms with Crippen molar-refractivity contribution in [1.29, 1.82) is 0 Å². The number of anilines is 1. The van der Waals surface area contributed by atoms with E-state index in [1.165, 1.54) is 23.1 Å². The highest BCUT2D eigenvalue weighted by Gasteiger charge is 2.28. The number of nitrogens with zero attached hydrogens (tertiary/aromatic N) is 2. The zero-order valence-electron chi connectivity index (χ0n) is 13.5. The van der Waals surface area contributed by atoms with Gasteiger partial charge in [0, 0.05) is 18.0 Å². The average molecular weight is 392 g/mol. The summed E-state index contributed by atoms with van der Waals surface area (Å²) in [6.07, 6.45) is -0.0859. The summed E-state index contributed by atoms with van der Waals surface area (Å²) in [5.74, 6) is -0.683. The standard InChI is InChI=1S/C16H16N4O4S2/c21-8-4-10(17-5-8)13(22)18-7-1-2-9-12(3-7)26-15(19-9)14-20-11(6-25-14)16(23)24/h1-3,8,10-11,17,21H,4-6H2,(H,18,22)(H,23,24)/t8-,10-,11+/m0/s1. The number of carboxylic acid groups (broad SMARTS) is 1. The predicted molar refractivity (Wildman–Crippen MR) is 101 cm³/mol. The second-order valence-corrected chi connectivity index (χ2v) is 8.18. The zero-order chi connectivity index (χ0) is 18.3. The Morgan fingerprint density at radius 3 is 2.88 bits per heavy atom. The molecule has 1 saturated heterocycles. The van der Waals surface area contributed by atoms with Gasteiger partial charge in [0.25, 0.3) is 0 Å². The summed E-state index contributed by atoms with van der Waals surface area (Å²) in [7, 11) is 0. The molecule has 4 N–H and O–H groups in total. The number of thiazole rings is 1. The smallest absolute Gasteiger partial charge is 0.329 e. The summed E-state index contributed by atoms with van der Waals surface area (Å²) in [6.45, 7) is 0.423. The fourth-order valence-electron chi connectivity index (χ4n) is 2.86. The highest BCUT2D eigenvalue weighted by atomic mass is 32.2. The van der Waals surface area contributed by atoms with Crippen LogP contribution >= 0.6 is 23.1 Å². The fraction of sp³-hybridized carbons (Fsp3) is 0.375. The van der Waals surface area contributed by atoms with Crippen molar-refractivity contribution in [2.75, 3.05) is 17.6 Å². The molecule has 1 aromatic heterocycles. The Hall–Kier alpha value is -2.01. The molecule has 1 amide bonds. The number of carbonyl (C=O) groups is 2. The first-order valence-electron chi connectivity index (χ1n) is 8.06. The molecule has 2 aromatic rings. The molecular weight excluding hydrogens is 376 g/mol. The van der Waals surface area contributed by atoms with Crippen molar-refractivity contribution in [2.45, 2.75) is 24.6 Å². The van der Waals surface area contributed by atoms with Crippen LogP contribution in [0.3, 0.4) is 0 Å². The number of benzene rings is 1. The van der Waals surface area contributed by atoms with Crippen molar-refractivity contribution in [3.63, 3.8) is 0 Å². The molecule has 1 fully saturated rings. The van der Waals surface area contributed by atoms with E-state index in [2.05, 4.69) is 20.6 Å². The topological polar surface area (TPSA) is 124 Å². The third-order valence-electron chi connectivity index (χ3n) is 4.20. The number of β-amino-alcohol motifs (C(OH)–C–C–N with tert-alkyl or cyclic N) is 1. The van der Waals surface area contributed by atoms with Crippen molar-refractivity contribution in [3.05, 3.63) is 23.2 Å². The molecule has 4 rings (SSSR count). The van der Waals surface area contributed by atoms with Crippen LogP contribution in [0.2, 0.25) is 0 Å². The normalized spacial score (nSPS) is 25.4. The lowest BCUT2D eigenvalue weighted by atomic mass is 10.2. The second-order valence-electron chi connectivity index (χ2n) is 6.14. The largest absolute Gasteiger partial charge is 0.480 e. The Kier molecular flexibility index (Phi) is 4.65. The molecule has 0 spiro atoms. The van der Waals surface area contributed by atoms with Gasteiger partial charge >= 0.3 is 5.97 Å². The van der Waals surface area contributed by atoms with E-state index in [0.717, 1.165) is 10.2 Å². The maximum Gasteiger partial charge on any atom is 0.329 e. The van der Waals surface area contributed by atoms with E-state index in [0.29, 0.717) is 34.5 Å². The van der Waals surface area contributed by atoms with Gasteiger partial charge in [-0.1, -0.05) is 0 Å². The number of nitrogens with one attached hydrogen (secondary N) is 2. The van der Waals surface area contributed by atoms with Crippen molar-refractivity contribution < 1.29 is 19.8 Å². The maximum absolute atomic E-state index is 12.2. The van der Waals surface area contributed by atoms with Crippen molar-refractivity contribution in [1.82, 2.24) is 10.3 Å². The van der Waals surface area contributed by atoms with Crippen LogP contribution in [-0.4, -0.2) is 62.6 Å². The number of aliphatic imine (C=N–C) groups is 1. The van der Waals surface area contributed by atoms with Crippen LogP contribution in [0.4, 0.5) is 5.69 Å². The van der Waals surface area contributed by atoms with Gasteiger partial charge < -0.3 is 20.8 Å². The van der Waals surface area contributed by atoms with Crippen LogP contribution in [0.15, 0.2) is 23.2 Å². The minimum atomic E-state index is -0.927. The Morgan fingerprint density at radius 2 is 2.19 bits per heavy atom. The van der Waals surface area contributed by atoms with E-state index >= 15 is 0 Å². The van der Waals surface area contributed by atoms with E-state index in [1.54, 1.807) is 6.07 Å². The Balaban J connectivity index is 1.52. The number of fused-ring (bicyclic) bond motifs is 1. The molecule has 0 saturated carbocycles. The molecule has 0 bridgehead atoms. The summed E-state index contributed by atoms with van der Waals surface area (Å²) < 4.78 is 0.888. The van der Waals surface area contributed by atoms with Gasteiger partial charge in [0.15, 0.2) is 6.04 Å². The second kappa shape index (κ2) is 6.95. The molecule has 2 aliphatic rings. The first kappa shape index (κ1) is 17.4. The van der Waals surface area contributed by atoms with E-state index < -0.39 is 24.2 Å². The molecule has 136 valence electrons. The number of carboxylic acids is 1. The number of hydrogen-bond acceptors (Lipinski definition) is 8. The third kappa shape index (κ3) is 3.45. The Morgan fingerprint density at radius 1 is 1.35 bits per heavy atom. The minimum Gasteiger partial charge on any atom is -0.480 e. The Labute approximate surface area is 156 Å². The first-order valence-corrected chi connectivity index (χ1v) is 9.86. The van der Waals surface area contributed by atoms with Crippen LogP contribution < -0.4 is 10.6 Å². The number of carbonyl (C=O) groups excluding carboxylic acids is 1. The molecule has 0 aliphatic carbocycles. The maximum atomic E-state index is 12.2. The number of rotatable bonds is 4. The molecule has 26 heavy (non-hydrogen) atoms. The molecule has 10 heteroatoms. The number of hydrogen-bond donors (Lipinski definition) is 4. The van der Waals surface area contributed by atoms with Crippen molar-refractivity contribution in [3.8, 4) is 0 Å². The highest BCUT2D eigenvalue weighted by Crippen LogP contribution is 2.31. The highest BCUT2D eigenvalue weighted by molar-refractivity contribution is 8.15. The van der Waals surface area contributed by atoms with Gasteiger partial charge in [-0.15, -0.1) is 23.1 Å². The molecular formula is C16H16N4O4S2. The molecule has 0 unspecified atom stereocenters. The number of amides is 1. The number of aromatic nitrogens is 1. The van der Waals surface area contributed by atoms with Gasteiger partial charge in [-0.2, -0.15) is 0 Å². The molecule has 1 aromatic carbocycles. The van der Waals surface area contributed by atoms with Gasteiger partial charge in [-0.25, -0.2) is 9.78 Å². The molecule has 3 atom stereocenters. The van der Waals surface area contributed by atoms with E-state index in [-0.39, 0.29) is 5.91 Å². The monoisotopic (exact) mass is 392 g/mol. The zero-order valence-corrected chi connectivity index (χ0v) is 15.1. The summed E-state index contributed by atoms with van der Waals surface area (Å²) in [5, 5.41) is 25.7. The molecule has 0 radical (unpaired) electrons. The van der Waals surface area contributed by atoms with Crippen LogP contribution in [0, 0.1) is 0 Å². The van der Waals surface area contributed by atoms with E-state index in [4.69, 9.17) is 5.11 Å². The lowest BCUT2D eigenvalue weighted by molar-refractivity contribution is -0.137. The summed E-state index contributed by atoms with van der Waals surface area (Å²) in [4.78, 5) is 32.0.